The zero-order valence-corrected chi connectivity index (χ0v) is 11.4. The lowest BCUT2D eigenvalue weighted by Crippen LogP contribution is -2.47. The monoisotopic (exact) mass is 268 g/mol. The Bertz CT molecular complexity index is 373. The lowest BCUT2D eigenvalue weighted by molar-refractivity contribution is 0.185. The first-order valence-corrected chi connectivity index (χ1v) is 7.22. The number of nitrogens with one attached hydrogen (secondary N) is 1. The molecule has 0 spiro atoms. The fraction of sp³-hybridized carbons (Fsp3) is 0.667. The first-order valence-electron chi connectivity index (χ1n) is 6.34. The summed E-state index contributed by atoms with van der Waals surface area (Å²) in [6, 6.07) is 0.188. The summed E-state index contributed by atoms with van der Waals surface area (Å²) in [5.41, 5.74) is 5.26. The van der Waals surface area contributed by atoms with E-state index in [9.17, 15) is 4.79 Å². The van der Waals surface area contributed by atoms with Crippen LogP contribution in [-0.2, 0) is 0 Å². The van der Waals surface area contributed by atoms with Crippen LogP contribution < -0.4 is 11.1 Å². The summed E-state index contributed by atoms with van der Waals surface area (Å²) in [4.78, 5) is 17.0. The maximum absolute atomic E-state index is 11.0. The molecule has 1 aromatic heterocycles. The minimum absolute atomic E-state index is 0.301. The Hall–Kier alpha value is -1.14. The number of nitrogens with two attached hydrogens (primary N) is 1. The second kappa shape index (κ2) is 6.15. The molecule has 1 aromatic rings. The molecule has 1 unspecified atom stereocenters. The number of rotatable bonds is 4. The summed E-state index contributed by atoms with van der Waals surface area (Å²) < 4.78 is 0. The average molecular weight is 268 g/mol. The number of carbonyl (C=O) groups is 1. The molecular weight excluding hydrogens is 248 g/mol. The third kappa shape index (κ3) is 3.43. The first kappa shape index (κ1) is 13.3. The molecule has 6 heteroatoms. The van der Waals surface area contributed by atoms with E-state index in [0.717, 1.165) is 32.5 Å². The predicted molar refractivity (Wildman–Crippen MR) is 72.7 cm³/mol. The summed E-state index contributed by atoms with van der Waals surface area (Å²) in [6.07, 6.45) is 3.81. The highest BCUT2D eigenvalue weighted by molar-refractivity contribution is 7.09. The first-order chi connectivity index (χ1) is 8.66. The summed E-state index contributed by atoms with van der Waals surface area (Å²) in [5.74, 6) is 0.444. The number of aromatic nitrogens is 1. The molecule has 0 saturated carbocycles. The van der Waals surface area contributed by atoms with Crippen LogP contribution in [0, 0.1) is 0 Å². The van der Waals surface area contributed by atoms with Crippen molar-refractivity contribution in [3.8, 4) is 0 Å². The molecule has 3 N–H and O–H groups in total. The largest absolute Gasteiger partial charge is 0.351 e. The zero-order chi connectivity index (χ0) is 13.0. The second-order valence-corrected chi connectivity index (χ2v) is 5.71. The fourth-order valence-corrected chi connectivity index (χ4v) is 2.91. The van der Waals surface area contributed by atoms with E-state index in [0.29, 0.717) is 12.0 Å². The number of urea groups is 1. The standard InChI is InChI=1S/C12H20N4OS/c1-9(11-14-4-7-18-11)8-15-10-2-5-16(6-3-10)12(13)17/h4,7,9-10,15H,2-3,5-6,8H2,1H3,(H2,13,17). The Morgan fingerprint density at radius 1 is 1.67 bits per heavy atom. The smallest absolute Gasteiger partial charge is 0.314 e. The Labute approximate surface area is 111 Å². The van der Waals surface area contributed by atoms with Crippen molar-refractivity contribution < 1.29 is 4.79 Å². The maximum Gasteiger partial charge on any atom is 0.314 e. The van der Waals surface area contributed by atoms with Crippen LogP contribution >= 0.6 is 11.3 Å². The molecule has 0 radical (unpaired) electrons. The lowest BCUT2D eigenvalue weighted by Gasteiger charge is -2.31. The van der Waals surface area contributed by atoms with Crippen molar-refractivity contribution in [2.24, 2.45) is 5.73 Å². The van der Waals surface area contributed by atoms with E-state index in [1.54, 1.807) is 16.2 Å². The molecule has 5 nitrogen and oxygen atoms in total. The fourth-order valence-electron chi connectivity index (χ4n) is 2.21. The molecule has 1 atom stereocenters. The zero-order valence-electron chi connectivity index (χ0n) is 10.6. The summed E-state index contributed by atoms with van der Waals surface area (Å²) in [7, 11) is 0. The average Bonchev–Trinajstić information content (AvgIpc) is 2.90. The number of primary amides is 1. The van der Waals surface area contributed by atoms with Crippen molar-refractivity contribution in [2.75, 3.05) is 19.6 Å². The van der Waals surface area contributed by atoms with Crippen LogP contribution in [0.5, 0.6) is 0 Å². The third-order valence-corrected chi connectivity index (χ3v) is 4.40. The van der Waals surface area contributed by atoms with E-state index >= 15 is 0 Å². The number of amides is 2. The van der Waals surface area contributed by atoms with Crippen molar-refractivity contribution in [1.29, 1.82) is 0 Å². The Kier molecular flexibility index (Phi) is 4.54. The predicted octanol–water partition coefficient (Wildman–Crippen LogP) is 1.38. The molecule has 1 aliphatic heterocycles. The van der Waals surface area contributed by atoms with Crippen LogP contribution in [-0.4, -0.2) is 41.6 Å². The van der Waals surface area contributed by atoms with Crippen molar-refractivity contribution >= 4 is 17.4 Å². The summed E-state index contributed by atoms with van der Waals surface area (Å²) in [6.45, 7) is 4.65. The SMILES string of the molecule is CC(CNC1CCN(C(N)=O)CC1)c1nccs1. The van der Waals surface area contributed by atoms with Gasteiger partial charge in [-0.3, -0.25) is 0 Å². The van der Waals surface area contributed by atoms with E-state index in [4.69, 9.17) is 5.73 Å². The van der Waals surface area contributed by atoms with Crippen molar-refractivity contribution in [1.82, 2.24) is 15.2 Å². The molecule has 1 fully saturated rings. The van der Waals surface area contributed by atoms with E-state index in [1.807, 2.05) is 11.6 Å². The Balaban J connectivity index is 1.71. The molecule has 1 saturated heterocycles. The van der Waals surface area contributed by atoms with E-state index in [1.165, 1.54) is 5.01 Å². The third-order valence-electron chi connectivity index (χ3n) is 3.39. The number of hydrogen-bond donors (Lipinski definition) is 2. The van der Waals surface area contributed by atoms with Gasteiger partial charge in [-0.25, -0.2) is 9.78 Å². The van der Waals surface area contributed by atoms with Crippen molar-refractivity contribution in [3.63, 3.8) is 0 Å². The summed E-state index contributed by atoms with van der Waals surface area (Å²) in [5, 5.41) is 6.75. The van der Waals surface area contributed by atoms with E-state index < -0.39 is 0 Å². The highest BCUT2D eigenvalue weighted by atomic mass is 32.1. The minimum atomic E-state index is -0.301. The van der Waals surface area contributed by atoms with Gasteiger partial charge in [-0.15, -0.1) is 11.3 Å². The molecule has 1 aliphatic rings. The topological polar surface area (TPSA) is 71.2 Å². The molecule has 0 aliphatic carbocycles. The number of nitrogens with zero attached hydrogens (tertiary/aromatic N) is 2. The van der Waals surface area contributed by atoms with Crippen LogP contribution in [0.1, 0.15) is 30.7 Å². The Morgan fingerprint density at radius 2 is 2.39 bits per heavy atom. The van der Waals surface area contributed by atoms with E-state index in [-0.39, 0.29) is 6.03 Å². The van der Waals surface area contributed by atoms with E-state index in [2.05, 4.69) is 17.2 Å². The number of likely N-dealkylation sites (tertiary alicyclic amines) is 1. The van der Waals surface area contributed by atoms with Crippen molar-refractivity contribution in [3.05, 3.63) is 16.6 Å². The number of carbonyl (C=O) groups excluding carboxylic acids is 1. The van der Waals surface area contributed by atoms with Gasteiger partial charge in [0.2, 0.25) is 0 Å². The molecule has 2 heterocycles. The van der Waals surface area contributed by atoms with Crippen LogP contribution in [0.15, 0.2) is 11.6 Å². The molecule has 100 valence electrons. The summed E-state index contributed by atoms with van der Waals surface area (Å²) >= 11 is 1.70. The van der Waals surface area contributed by atoms with Gasteiger partial charge in [0.25, 0.3) is 0 Å². The minimum Gasteiger partial charge on any atom is -0.351 e. The molecule has 0 aromatic carbocycles. The van der Waals surface area contributed by atoms with Crippen LogP contribution in [0.3, 0.4) is 0 Å². The van der Waals surface area contributed by atoms with Gasteiger partial charge in [0.05, 0.1) is 5.01 Å². The van der Waals surface area contributed by atoms with Gasteiger partial charge >= 0.3 is 6.03 Å². The molecule has 0 bridgehead atoms. The molecular formula is C12H20N4OS. The molecule has 18 heavy (non-hydrogen) atoms. The van der Waals surface area contributed by atoms with Gasteiger partial charge in [-0.05, 0) is 12.8 Å². The highest BCUT2D eigenvalue weighted by Gasteiger charge is 2.21. The quantitative estimate of drug-likeness (QED) is 0.866. The van der Waals surface area contributed by atoms with Gasteiger partial charge in [0.15, 0.2) is 0 Å². The number of thiazole rings is 1. The maximum atomic E-state index is 11.0. The highest BCUT2D eigenvalue weighted by Crippen LogP contribution is 2.17. The van der Waals surface area contributed by atoms with Gasteiger partial charge < -0.3 is 16.0 Å². The van der Waals surface area contributed by atoms with Crippen molar-refractivity contribution in [2.45, 2.75) is 31.7 Å². The van der Waals surface area contributed by atoms with Gasteiger partial charge in [0.1, 0.15) is 0 Å². The number of piperidine rings is 1. The van der Waals surface area contributed by atoms with Gasteiger partial charge in [-0.2, -0.15) is 0 Å². The second-order valence-electron chi connectivity index (χ2n) is 4.78. The van der Waals surface area contributed by atoms with Crippen LogP contribution in [0.2, 0.25) is 0 Å². The lowest BCUT2D eigenvalue weighted by atomic mass is 10.0. The number of hydrogen-bond acceptors (Lipinski definition) is 4. The Morgan fingerprint density at radius 3 is 2.94 bits per heavy atom. The van der Waals surface area contributed by atoms with Crippen LogP contribution in [0.25, 0.3) is 0 Å². The normalized spacial score (nSPS) is 18.8. The molecule has 2 rings (SSSR count). The van der Waals surface area contributed by atoms with Gasteiger partial charge in [-0.1, -0.05) is 6.92 Å². The molecule has 2 amide bonds. The van der Waals surface area contributed by atoms with Crippen LogP contribution in [0.4, 0.5) is 4.79 Å². The van der Waals surface area contributed by atoms with Gasteiger partial charge in [0, 0.05) is 43.2 Å².